The molecule has 27 heavy (non-hydrogen) atoms. The van der Waals surface area contributed by atoms with E-state index in [1.165, 1.54) is 12.1 Å². The maximum Gasteiger partial charge on any atom is 0.254 e. The highest BCUT2D eigenvalue weighted by Crippen LogP contribution is 2.18. The number of H-pyrrole nitrogens is 1. The normalized spacial score (nSPS) is 17.7. The first-order valence-electron chi connectivity index (χ1n) is 10.0. The lowest BCUT2D eigenvalue weighted by molar-refractivity contribution is 0.254. The molecule has 5 nitrogen and oxygen atoms in total. The molecule has 6 heteroatoms. The Morgan fingerprint density at radius 3 is 2.56 bits per heavy atom. The molecule has 0 bridgehead atoms. The Morgan fingerprint density at radius 2 is 1.78 bits per heavy atom. The van der Waals surface area contributed by atoms with Crippen molar-refractivity contribution in [3.63, 3.8) is 0 Å². The fourth-order valence-corrected chi connectivity index (χ4v) is 4.12. The van der Waals surface area contributed by atoms with Crippen molar-refractivity contribution in [2.24, 2.45) is 0 Å². The third kappa shape index (κ3) is 4.38. The lowest BCUT2D eigenvalue weighted by atomic mass is 9.97. The van der Waals surface area contributed by atoms with Gasteiger partial charge in [-0.25, -0.2) is 9.37 Å². The van der Waals surface area contributed by atoms with Gasteiger partial charge in [0.2, 0.25) is 0 Å². The molecule has 1 aromatic heterocycles. The van der Waals surface area contributed by atoms with E-state index in [4.69, 9.17) is 4.98 Å². The number of aryl methyl sites for hydroxylation is 2. The molecule has 2 heterocycles. The number of hydrogen-bond donors (Lipinski definition) is 1. The van der Waals surface area contributed by atoms with Crippen LogP contribution in [0.15, 0.2) is 29.1 Å². The lowest BCUT2D eigenvalue weighted by Crippen LogP contribution is -2.46. The maximum atomic E-state index is 13.1. The monoisotopic (exact) mass is 370 g/mol. The summed E-state index contributed by atoms with van der Waals surface area (Å²) in [5.41, 5.74) is 3.09. The van der Waals surface area contributed by atoms with Crippen molar-refractivity contribution in [3.8, 4) is 0 Å². The molecule has 0 unspecified atom stereocenters. The van der Waals surface area contributed by atoms with Crippen LogP contribution in [0.2, 0.25) is 0 Å². The predicted molar refractivity (Wildman–Crippen MR) is 105 cm³/mol. The first kappa shape index (κ1) is 18.2. The highest BCUT2D eigenvalue weighted by molar-refractivity contribution is 5.46. The minimum Gasteiger partial charge on any atom is -0.369 e. The molecule has 0 radical (unpaired) electrons. The number of rotatable bonds is 5. The largest absolute Gasteiger partial charge is 0.369 e. The molecule has 1 saturated heterocycles. The Hall–Kier alpha value is -2.21. The Labute approximate surface area is 159 Å². The summed E-state index contributed by atoms with van der Waals surface area (Å²) in [5, 5.41) is 0. The quantitative estimate of drug-likeness (QED) is 0.879. The molecule has 4 rings (SSSR count). The van der Waals surface area contributed by atoms with E-state index in [1.807, 2.05) is 12.1 Å². The van der Waals surface area contributed by atoms with Crippen LogP contribution in [0.5, 0.6) is 0 Å². The number of piperazine rings is 1. The van der Waals surface area contributed by atoms with Crippen LogP contribution in [0.3, 0.4) is 0 Å². The first-order chi connectivity index (χ1) is 13.2. The van der Waals surface area contributed by atoms with Gasteiger partial charge in [0.15, 0.2) is 0 Å². The number of nitrogens with one attached hydrogen (secondary N) is 1. The maximum absolute atomic E-state index is 13.1. The third-order valence-electron chi connectivity index (χ3n) is 5.69. The molecule has 2 aliphatic rings. The summed E-state index contributed by atoms with van der Waals surface area (Å²) in [7, 11) is 0. The predicted octanol–water partition coefficient (Wildman–Crippen LogP) is 2.54. The second kappa shape index (κ2) is 8.21. The van der Waals surface area contributed by atoms with Crippen LogP contribution in [-0.2, 0) is 19.3 Å². The van der Waals surface area contributed by atoms with Gasteiger partial charge in [0.1, 0.15) is 11.6 Å². The van der Waals surface area contributed by atoms with Gasteiger partial charge in [-0.2, -0.15) is 0 Å². The van der Waals surface area contributed by atoms with E-state index in [0.717, 1.165) is 94.0 Å². The number of anilines is 1. The Kier molecular flexibility index (Phi) is 5.53. The summed E-state index contributed by atoms with van der Waals surface area (Å²) in [5.74, 6) is 0.650. The molecule has 0 amide bonds. The number of hydrogen-bond acceptors (Lipinski definition) is 4. The number of nitrogens with zero attached hydrogens (tertiary/aromatic N) is 3. The van der Waals surface area contributed by atoms with Crippen LogP contribution >= 0.6 is 0 Å². The van der Waals surface area contributed by atoms with Gasteiger partial charge in [-0.1, -0.05) is 0 Å². The van der Waals surface area contributed by atoms with Crippen molar-refractivity contribution < 1.29 is 4.39 Å². The number of benzene rings is 1. The summed E-state index contributed by atoms with van der Waals surface area (Å²) in [6.45, 7) is 4.94. The topological polar surface area (TPSA) is 52.2 Å². The molecule has 0 atom stereocenters. The number of halogens is 1. The number of aromatic amines is 1. The fourth-order valence-electron chi connectivity index (χ4n) is 4.12. The zero-order chi connectivity index (χ0) is 18.6. The van der Waals surface area contributed by atoms with E-state index in [2.05, 4.69) is 14.8 Å². The second-order valence-electron chi connectivity index (χ2n) is 7.55. The van der Waals surface area contributed by atoms with Crippen molar-refractivity contribution in [3.05, 3.63) is 57.5 Å². The molecule has 2 aromatic rings. The Bertz CT molecular complexity index is 825. The van der Waals surface area contributed by atoms with E-state index in [9.17, 15) is 9.18 Å². The summed E-state index contributed by atoms with van der Waals surface area (Å²) in [6.07, 6.45) is 5.87. The third-order valence-corrected chi connectivity index (χ3v) is 5.69. The second-order valence-corrected chi connectivity index (χ2v) is 7.55. The van der Waals surface area contributed by atoms with Gasteiger partial charge in [0, 0.05) is 43.9 Å². The van der Waals surface area contributed by atoms with Crippen LogP contribution in [-0.4, -0.2) is 47.6 Å². The highest BCUT2D eigenvalue weighted by atomic mass is 19.1. The van der Waals surface area contributed by atoms with Gasteiger partial charge in [-0.3, -0.25) is 9.69 Å². The van der Waals surface area contributed by atoms with Crippen LogP contribution < -0.4 is 10.5 Å². The summed E-state index contributed by atoms with van der Waals surface area (Å²) >= 11 is 0. The van der Waals surface area contributed by atoms with Crippen LogP contribution in [0.25, 0.3) is 0 Å². The number of aromatic nitrogens is 2. The van der Waals surface area contributed by atoms with E-state index in [1.54, 1.807) is 0 Å². The molecule has 0 saturated carbocycles. The van der Waals surface area contributed by atoms with Gasteiger partial charge < -0.3 is 9.88 Å². The molecule has 1 aromatic carbocycles. The smallest absolute Gasteiger partial charge is 0.254 e. The summed E-state index contributed by atoms with van der Waals surface area (Å²) in [4.78, 5) is 24.7. The minimum absolute atomic E-state index is 0.0719. The van der Waals surface area contributed by atoms with Crippen molar-refractivity contribution in [1.82, 2.24) is 14.9 Å². The standard InChI is InChI=1S/C21H27FN4O/c22-16-7-9-17(10-8-16)26-14-12-25(13-15-26)11-3-6-20-23-19-5-2-1-4-18(19)21(27)24-20/h7-10H,1-6,11-15H2,(H,23,24,27). The SMILES string of the molecule is O=c1[nH]c(CCCN2CCN(c3ccc(F)cc3)CC2)nc2c1CCCC2. The van der Waals surface area contributed by atoms with Gasteiger partial charge in [0.25, 0.3) is 5.56 Å². The molecule has 1 aliphatic heterocycles. The van der Waals surface area contributed by atoms with Crippen LogP contribution in [0.1, 0.15) is 36.3 Å². The van der Waals surface area contributed by atoms with E-state index < -0.39 is 0 Å². The average Bonchev–Trinajstić information content (AvgIpc) is 2.69. The van der Waals surface area contributed by atoms with Gasteiger partial charge >= 0.3 is 0 Å². The number of fused-ring (bicyclic) bond motifs is 1. The van der Waals surface area contributed by atoms with Crippen LogP contribution in [0, 0.1) is 5.82 Å². The zero-order valence-electron chi connectivity index (χ0n) is 15.7. The van der Waals surface area contributed by atoms with Gasteiger partial charge in [-0.05, 0) is 62.9 Å². The first-order valence-corrected chi connectivity index (χ1v) is 10.0. The highest BCUT2D eigenvalue weighted by Gasteiger charge is 2.18. The van der Waals surface area contributed by atoms with E-state index in [-0.39, 0.29) is 11.4 Å². The van der Waals surface area contributed by atoms with Gasteiger partial charge in [0.05, 0.1) is 5.69 Å². The van der Waals surface area contributed by atoms with E-state index >= 15 is 0 Å². The molecular weight excluding hydrogens is 343 g/mol. The van der Waals surface area contributed by atoms with Crippen molar-refractivity contribution >= 4 is 5.69 Å². The lowest BCUT2D eigenvalue weighted by Gasteiger charge is -2.36. The zero-order valence-corrected chi connectivity index (χ0v) is 15.7. The van der Waals surface area contributed by atoms with Crippen molar-refractivity contribution in [2.45, 2.75) is 38.5 Å². The van der Waals surface area contributed by atoms with Crippen molar-refractivity contribution in [1.29, 1.82) is 0 Å². The Balaban J connectivity index is 1.25. The molecule has 1 fully saturated rings. The molecule has 1 N–H and O–H groups in total. The minimum atomic E-state index is -0.189. The average molecular weight is 370 g/mol. The molecule has 144 valence electrons. The molecule has 1 aliphatic carbocycles. The molecule has 0 spiro atoms. The van der Waals surface area contributed by atoms with Crippen LogP contribution in [0.4, 0.5) is 10.1 Å². The molecular formula is C21H27FN4O. The van der Waals surface area contributed by atoms with Gasteiger partial charge in [-0.15, -0.1) is 0 Å². The Morgan fingerprint density at radius 1 is 1.04 bits per heavy atom. The summed E-state index contributed by atoms with van der Waals surface area (Å²) < 4.78 is 13.1. The van der Waals surface area contributed by atoms with Crippen molar-refractivity contribution in [2.75, 3.05) is 37.6 Å². The fraction of sp³-hybridized carbons (Fsp3) is 0.524. The summed E-state index contributed by atoms with van der Waals surface area (Å²) in [6, 6.07) is 6.74. The van der Waals surface area contributed by atoms with E-state index in [0.29, 0.717) is 0 Å².